The fourth-order valence-electron chi connectivity index (χ4n) is 2.90. The number of hydrogen-bond donors (Lipinski definition) is 1. The Kier molecular flexibility index (Phi) is 4.18. The van der Waals surface area contributed by atoms with E-state index < -0.39 is 21.9 Å². The van der Waals surface area contributed by atoms with Crippen LogP contribution in [0.15, 0.2) is 35.4 Å². The molecule has 0 spiro atoms. The molecule has 1 aromatic heterocycles. The number of aromatic nitrogens is 2. The van der Waals surface area contributed by atoms with E-state index in [0.717, 1.165) is 5.56 Å². The Balaban J connectivity index is 2.06. The molecule has 2 heterocycles. The minimum Gasteiger partial charge on any atom is -0.481 e. The van der Waals surface area contributed by atoms with Crippen LogP contribution in [0.25, 0.3) is 0 Å². The van der Waals surface area contributed by atoms with E-state index in [1.54, 1.807) is 36.0 Å². The normalized spacial score (nSPS) is 18.8. The molecule has 0 amide bonds. The zero-order valence-corrected chi connectivity index (χ0v) is 14.3. The Bertz CT molecular complexity index is 888. The highest BCUT2D eigenvalue weighted by Gasteiger charge is 2.34. The number of sulfonamides is 1. The van der Waals surface area contributed by atoms with Gasteiger partial charge in [-0.2, -0.15) is 9.40 Å². The van der Waals surface area contributed by atoms with E-state index >= 15 is 0 Å². The van der Waals surface area contributed by atoms with Crippen molar-refractivity contribution in [2.75, 3.05) is 6.54 Å². The Morgan fingerprint density at radius 1 is 1.25 bits per heavy atom. The van der Waals surface area contributed by atoms with Gasteiger partial charge in [0.15, 0.2) is 0 Å². The molecule has 0 bridgehead atoms. The topological polar surface area (TPSA) is 92.5 Å². The van der Waals surface area contributed by atoms with E-state index in [1.807, 2.05) is 13.0 Å². The van der Waals surface area contributed by atoms with E-state index in [2.05, 4.69) is 5.10 Å². The van der Waals surface area contributed by atoms with Crippen molar-refractivity contribution in [1.29, 1.82) is 0 Å². The lowest BCUT2D eigenvalue weighted by molar-refractivity contribution is -0.142. The molecule has 0 fully saturated rings. The maximum Gasteiger partial charge on any atom is 0.309 e. The zero-order valence-electron chi connectivity index (χ0n) is 13.5. The molecule has 7 nitrogen and oxygen atoms in total. The maximum absolute atomic E-state index is 13.1. The predicted octanol–water partition coefficient (Wildman–Crippen LogP) is 1.41. The van der Waals surface area contributed by atoms with Crippen molar-refractivity contribution in [2.24, 2.45) is 5.92 Å². The van der Waals surface area contributed by atoms with Gasteiger partial charge in [-0.05, 0) is 37.1 Å². The number of rotatable bonds is 3. The summed E-state index contributed by atoms with van der Waals surface area (Å²) in [5, 5.41) is 13.5. The minimum atomic E-state index is -3.80. The smallest absolute Gasteiger partial charge is 0.309 e. The Hall–Kier alpha value is -2.19. The summed E-state index contributed by atoms with van der Waals surface area (Å²) in [6.45, 7) is 3.81. The van der Waals surface area contributed by atoms with Crippen LogP contribution in [0.3, 0.4) is 0 Å². The minimum absolute atomic E-state index is 0.0750. The number of hydrogen-bond acceptors (Lipinski definition) is 4. The van der Waals surface area contributed by atoms with Crippen LogP contribution in [0, 0.1) is 19.8 Å². The summed E-state index contributed by atoms with van der Waals surface area (Å²) >= 11 is 0. The van der Waals surface area contributed by atoms with Gasteiger partial charge in [0, 0.05) is 12.7 Å². The zero-order chi connectivity index (χ0) is 17.5. The van der Waals surface area contributed by atoms with Crippen molar-refractivity contribution in [3.63, 3.8) is 0 Å². The van der Waals surface area contributed by atoms with Crippen LogP contribution in [0.2, 0.25) is 0 Å². The number of carbonyl (C=O) groups is 1. The van der Waals surface area contributed by atoms with Crippen molar-refractivity contribution < 1.29 is 18.3 Å². The van der Waals surface area contributed by atoms with Crippen LogP contribution in [0.1, 0.15) is 16.8 Å². The Labute approximate surface area is 140 Å². The van der Waals surface area contributed by atoms with Crippen molar-refractivity contribution in [3.05, 3.63) is 47.3 Å². The molecule has 8 heteroatoms. The van der Waals surface area contributed by atoms with Gasteiger partial charge < -0.3 is 5.11 Å². The van der Waals surface area contributed by atoms with Gasteiger partial charge in [-0.15, -0.1) is 0 Å². The molecule has 1 aliphatic heterocycles. The van der Waals surface area contributed by atoms with E-state index in [9.17, 15) is 18.3 Å². The predicted molar refractivity (Wildman–Crippen MR) is 86.9 cm³/mol. The molecule has 0 aliphatic carbocycles. The SMILES string of the molecule is Cc1cccc(S(=O)(=O)N2Cc3ccnn3CC(C(=O)O)C2)c1C. The van der Waals surface area contributed by atoms with E-state index in [1.165, 1.54) is 4.31 Å². The number of aliphatic carboxylic acids is 1. The summed E-state index contributed by atoms with van der Waals surface area (Å²) in [5.74, 6) is -1.87. The molecule has 1 unspecified atom stereocenters. The fraction of sp³-hybridized carbons (Fsp3) is 0.375. The van der Waals surface area contributed by atoms with Gasteiger partial charge in [0.25, 0.3) is 0 Å². The van der Waals surface area contributed by atoms with Gasteiger partial charge in [0.05, 0.1) is 29.6 Å². The molecule has 0 saturated heterocycles. The number of benzene rings is 1. The van der Waals surface area contributed by atoms with E-state index in [4.69, 9.17) is 0 Å². The monoisotopic (exact) mass is 349 g/mol. The van der Waals surface area contributed by atoms with Crippen LogP contribution < -0.4 is 0 Å². The molecule has 1 aromatic carbocycles. The van der Waals surface area contributed by atoms with E-state index in [0.29, 0.717) is 11.3 Å². The van der Waals surface area contributed by atoms with Gasteiger partial charge >= 0.3 is 5.97 Å². The summed E-state index contributed by atoms with van der Waals surface area (Å²) in [6.07, 6.45) is 1.56. The second-order valence-corrected chi connectivity index (χ2v) is 7.94. The largest absolute Gasteiger partial charge is 0.481 e. The summed E-state index contributed by atoms with van der Waals surface area (Å²) in [6, 6.07) is 6.84. The van der Waals surface area contributed by atoms with Crippen molar-refractivity contribution in [3.8, 4) is 0 Å². The van der Waals surface area contributed by atoms with Crippen molar-refractivity contribution >= 4 is 16.0 Å². The summed E-state index contributed by atoms with van der Waals surface area (Å²) in [5.41, 5.74) is 2.25. The third-order valence-electron chi connectivity index (χ3n) is 4.48. The van der Waals surface area contributed by atoms with Gasteiger partial charge in [0.1, 0.15) is 0 Å². The molecular weight excluding hydrogens is 330 g/mol. The quantitative estimate of drug-likeness (QED) is 0.904. The van der Waals surface area contributed by atoms with Gasteiger partial charge in [-0.1, -0.05) is 12.1 Å². The number of carboxylic acid groups (broad SMARTS) is 1. The highest BCUT2D eigenvalue weighted by molar-refractivity contribution is 7.89. The second-order valence-electron chi connectivity index (χ2n) is 6.04. The second kappa shape index (κ2) is 6.03. The molecule has 128 valence electrons. The first-order valence-electron chi connectivity index (χ1n) is 7.60. The summed E-state index contributed by atoms with van der Waals surface area (Å²) < 4.78 is 29.0. The van der Waals surface area contributed by atoms with Crippen LogP contribution in [-0.4, -0.2) is 40.1 Å². The summed E-state index contributed by atoms with van der Waals surface area (Å²) in [4.78, 5) is 11.7. The highest BCUT2D eigenvalue weighted by Crippen LogP contribution is 2.26. The van der Waals surface area contributed by atoms with Crippen LogP contribution in [0.5, 0.6) is 0 Å². The Morgan fingerprint density at radius 3 is 2.71 bits per heavy atom. The summed E-state index contributed by atoms with van der Waals surface area (Å²) in [7, 11) is -3.80. The van der Waals surface area contributed by atoms with Crippen molar-refractivity contribution in [2.45, 2.75) is 31.8 Å². The first-order chi connectivity index (χ1) is 11.3. The molecule has 1 atom stereocenters. The number of nitrogens with zero attached hydrogens (tertiary/aromatic N) is 3. The number of aryl methyl sites for hydroxylation is 1. The molecule has 0 radical (unpaired) electrons. The molecule has 24 heavy (non-hydrogen) atoms. The van der Waals surface area contributed by atoms with Gasteiger partial charge in [-0.3, -0.25) is 9.48 Å². The highest BCUT2D eigenvalue weighted by atomic mass is 32.2. The van der Waals surface area contributed by atoms with Gasteiger partial charge in [-0.25, -0.2) is 8.42 Å². The fourth-order valence-corrected chi connectivity index (χ4v) is 4.65. The lowest BCUT2D eigenvalue weighted by Gasteiger charge is -2.23. The molecule has 1 N–H and O–H groups in total. The van der Waals surface area contributed by atoms with Crippen LogP contribution in [-0.2, 0) is 27.9 Å². The van der Waals surface area contributed by atoms with Crippen LogP contribution in [0.4, 0.5) is 0 Å². The standard InChI is InChI=1S/C16H19N3O4S/c1-11-4-3-5-15(12(11)2)24(22,23)18-8-13(16(20)21)9-19-14(10-18)6-7-17-19/h3-7,13H,8-10H2,1-2H3,(H,20,21). The molecule has 3 rings (SSSR count). The third kappa shape index (κ3) is 2.83. The lowest BCUT2D eigenvalue weighted by Crippen LogP contribution is -2.36. The number of fused-ring (bicyclic) bond motifs is 1. The third-order valence-corrected chi connectivity index (χ3v) is 6.44. The number of carboxylic acids is 1. The first-order valence-corrected chi connectivity index (χ1v) is 9.04. The van der Waals surface area contributed by atoms with Crippen molar-refractivity contribution in [1.82, 2.24) is 14.1 Å². The van der Waals surface area contributed by atoms with Crippen LogP contribution >= 0.6 is 0 Å². The van der Waals surface area contributed by atoms with E-state index in [-0.39, 0.29) is 24.5 Å². The Morgan fingerprint density at radius 2 is 2.00 bits per heavy atom. The maximum atomic E-state index is 13.1. The molecular formula is C16H19N3O4S. The average molecular weight is 349 g/mol. The average Bonchev–Trinajstić information content (AvgIpc) is 2.86. The van der Waals surface area contributed by atoms with Gasteiger partial charge in [0.2, 0.25) is 10.0 Å². The first kappa shape index (κ1) is 16.7. The lowest BCUT2D eigenvalue weighted by atomic mass is 10.1. The molecule has 0 saturated carbocycles. The molecule has 1 aliphatic rings. The molecule has 2 aromatic rings.